The minimum atomic E-state index is -0.221. The molecule has 1 unspecified atom stereocenters. The molecule has 2 rings (SSSR count). The van der Waals surface area contributed by atoms with Crippen LogP contribution in [0, 0.1) is 19.7 Å². The monoisotopic (exact) mass is 265 g/mol. The third-order valence-corrected chi connectivity index (χ3v) is 4.00. The Morgan fingerprint density at radius 2 is 2.00 bits per heavy atom. The van der Waals surface area contributed by atoms with Crippen molar-refractivity contribution in [1.82, 2.24) is 10.4 Å². The van der Waals surface area contributed by atoms with Crippen molar-refractivity contribution in [2.75, 3.05) is 0 Å². The fourth-order valence-corrected chi connectivity index (χ4v) is 2.94. The average molecular weight is 265 g/mol. The molecule has 96 valence electrons. The first-order chi connectivity index (χ1) is 8.60. The molecular formula is C13H16FN3S. The van der Waals surface area contributed by atoms with E-state index in [1.54, 1.807) is 23.5 Å². The number of nitrogens with one attached hydrogen (secondary N) is 1. The highest BCUT2D eigenvalue weighted by Crippen LogP contribution is 2.26. The molecule has 1 heterocycles. The van der Waals surface area contributed by atoms with Gasteiger partial charge in [0.05, 0.1) is 16.7 Å². The second kappa shape index (κ2) is 5.56. The normalized spacial score (nSPS) is 12.7. The minimum Gasteiger partial charge on any atom is -0.271 e. The van der Waals surface area contributed by atoms with Crippen LogP contribution in [0.15, 0.2) is 24.3 Å². The number of thiazole rings is 1. The Bertz CT molecular complexity index is 522. The first kappa shape index (κ1) is 13.1. The van der Waals surface area contributed by atoms with Crippen LogP contribution >= 0.6 is 11.3 Å². The molecule has 0 bridgehead atoms. The number of aromatic nitrogens is 1. The zero-order valence-electron chi connectivity index (χ0n) is 10.4. The van der Waals surface area contributed by atoms with Crippen molar-refractivity contribution in [2.45, 2.75) is 26.3 Å². The minimum absolute atomic E-state index is 0.0154. The van der Waals surface area contributed by atoms with Gasteiger partial charge in [-0.25, -0.2) is 9.37 Å². The van der Waals surface area contributed by atoms with Gasteiger partial charge in [0.1, 0.15) is 5.82 Å². The second-order valence-corrected chi connectivity index (χ2v) is 5.47. The van der Waals surface area contributed by atoms with E-state index in [0.29, 0.717) is 0 Å². The summed E-state index contributed by atoms with van der Waals surface area (Å²) in [7, 11) is 0. The van der Waals surface area contributed by atoms with E-state index in [1.807, 2.05) is 13.8 Å². The molecule has 0 saturated heterocycles. The number of nitrogens with two attached hydrogens (primary N) is 1. The van der Waals surface area contributed by atoms with E-state index in [-0.39, 0.29) is 11.9 Å². The molecule has 5 heteroatoms. The number of halogens is 1. The molecular weight excluding hydrogens is 249 g/mol. The second-order valence-electron chi connectivity index (χ2n) is 4.23. The Labute approximate surface area is 110 Å². The molecule has 18 heavy (non-hydrogen) atoms. The van der Waals surface area contributed by atoms with Gasteiger partial charge in [-0.2, -0.15) is 0 Å². The lowest BCUT2D eigenvalue weighted by Gasteiger charge is -2.15. The van der Waals surface area contributed by atoms with Gasteiger partial charge in [0, 0.05) is 4.88 Å². The van der Waals surface area contributed by atoms with Gasteiger partial charge in [0.25, 0.3) is 0 Å². The first-order valence-electron chi connectivity index (χ1n) is 5.74. The number of nitrogens with zero attached hydrogens (tertiary/aromatic N) is 1. The van der Waals surface area contributed by atoms with Crippen LogP contribution in [-0.4, -0.2) is 4.98 Å². The summed E-state index contributed by atoms with van der Waals surface area (Å²) < 4.78 is 12.8. The zero-order valence-corrected chi connectivity index (χ0v) is 11.2. The lowest BCUT2D eigenvalue weighted by molar-refractivity contribution is 0.556. The maximum Gasteiger partial charge on any atom is 0.123 e. The lowest BCUT2D eigenvalue weighted by atomic mass is 10.0. The van der Waals surface area contributed by atoms with E-state index in [4.69, 9.17) is 5.84 Å². The van der Waals surface area contributed by atoms with Crippen molar-refractivity contribution in [3.8, 4) is 0 Å². The number of benzene rings is 1. The van der Waals surface area contributed by atoms with Crippen molar-refractivity contribution < 1.29 is 4.39 Å². The van der Waals surface area contributed by atoms with Crippen molar-refractivity contribution in [3.05, 3.63) is 51.2 Å². The molecule has 1 aromatic heterocycles. The Balaban J connectivity index is 2.19. The maximum absolute atomic E-state index is 12.8. The van der Waals surface area contributed by atoms with Gasteiger partial charge < -0.3 is 0 Å². The van der Waals surface area contributed by atoms with Crippen LogP contribution in [0.3, 0.4) is 0 Å². The Morgan fingerprint density at radius 3 is 2.50 bits per heavy atom. The summed E-state index contributed by atoms with van der Waals surface area (Å²) in [6, 6.07) is 6.51. The van der Waals surface area contributed by atoms with Crippen molar-refractivity contribution >= 4 is 11.3 Å². The third-order valence-electron chi connectivity index (χ3n) is 2.81. The topological polar surface area (TPSA) is 50.9 Å². The summed E-state index contributed by atoms with van der Waals surface area (Å²) in [6.45, 7) is 3.96. The van der Waals surface area contributed by atoms with E-state index in [0.717, 1.165) is 27.6 Å². The van der Waals surface area contributed by atoms with Crippen LogP contribution in [0.2, 0.25) is 0 Å². The standard InChI is InChI=1S/C13H16FN3S/c1-8-13(18-9(2)16-8)12(17-15)7-10-3-5-11(14)6-4-10/h3-6,12,17H,7,15H2,1-2H3. The highest BCUT2D eigenvalue weighted by atomic mass is 32.1. The highest BCUT2D eigenvalue weighted by Gasteiger charge is 2.16. The summed E-state index contributed by atoms with van der Waals surface area (Å²) in [6.07, 6.45) is 0.721. The SMILES string of the molecule is Cc1nc(C)c(C(Cc2ccc(F)cc2)NN)s1. The summed E-state index contributed by atoms with van der Waals surface area (Å²) in [5.74, 6) is 5.39. The van der Waals surface area contributed by atoms with E-state index in [2.05, 4.69) is 10.4 Å². The summed E-state index contributed by atoms with van der Waals surface area (Å²) >= 11 is 1.64. The Morgan fingerprint density at radius 1 is 1.33 bits per heavy atom. The smallest absolute Gasteiger partial charge is 0.123 e. The largest absolute Gasteiger partial charge is 0.271 e. The van der Waals surface area contributed by atoms with Gasteiger partial charge in [-0.3, -0.25) is 11.3 Å². The van der Waals surface area contributed by atoms with E-state index in [1.165, 1.54) is 12.1 Å². The fraction of sp³-hybridized carbons (Fsp3) is 0.308. The third kappa shape index (κ3) is 2.93. The van der Waals surface area contributed by atoms with Crippen molar-refractivity contribution in [2.24, 2.45) is 5.84 Å². The zero-order chi connectivity index (χ0) is 13.1. The molecule has 0 spiro atoms. The molecule has 0 aliphatic rings. The molecule has 3 N–H and O–H groups in total. The quantitative estimate of drug-likeness (QED) is 0.660. The van der Waals surface area contributed by atoms with Gasteiger partial charge in [0.15, 0.2) is 0 Å². The molecule has 0 aliphatic carbocycles. The molecule has 0 amide bonds. The van der Waals surface area contributed by atoms with Gasteiger partial charge in [-0.1, -0.05) is 12.1 Å². The first-order valence-corrected chi connectivity index (χ1v) is 6.56. The molecule has 1 atom stereocenters. The highest BCUT2D eigenvalue weighted by molar-refractivity contribution is 7.11. The van der Waals surface area contributed by atoms with Crippen LogP contribution in [0.4, 0.5) is 4.39 Å². The molecule has 3 nitrogen and oxygen atoms in total. The molecule has 0 aliphatic heterocycles. The fourth-order valence-electron chi connectivity index (χ4n) is 1.95. The van der Waals surface area contributed by atoms with Crippen LogP contribution in [0.1, 0.15) is 27.2 Å². The van der Waals surface area contributed by atoms with E-state index in [9.17, 15) is 4.39 Å². The van der Waals surface area contributed by atoms with Gasteiger partial charge in [-0.15, -0.1) is 11.3 Å². The van der Waals surface area contributed by atoms with Gasteiger partial charge in [0.2, 0.25) is 0 Å². The number of rotatable bonds is 4. The van der Waals surface area contributed by atoms with Crippen LogP contribution < -0.4 is 11.3 Å². The maximum atomic E-state index is 12.8. The number of aryl methyl sites for hydroxylation is 2. The van der Waals surface area contributed by atoms with E-state index >= 15 is 0 Å². The molecule has 1 aromatic carbocycles. The van der Waals surface area contributed by atoms with Crippen molar-refractivity contribution in [1.29, 1.82) is 0 Å². The number of hydrazine groups is 1. The van der Waals surface area contributed by atoms with Crippen molar-refractivity contribution in [3.63, 3.8) is 0 Å². The number of hydrogen-bond acceptors (Lipinski definition) is 4. The van der Waals surface area contributed by atoms with Crippen LogP contribution in [0.5, 0.6) is 0 Å². The predicted octanol–water partition coefficient (Wildman–Crippen LogP) is 2.65. The molecule has 0 fully saturated rings. The van der Waals surface area contributed by atoms with Gasteiger partial charge >= 0.3 is 0 Å². The lowest BCUT2D eigenvalue weighted by Crippen LogP contribution is -2.29. The summed E-state index contributed by atoms with van der Waals surface area (Å²) in [4.78, 5) is 5.54. The van der Waals surface area contributed by atoms with Crippen LogP contribution in [-0.2, 0) is 6.42 Å². The Hall–Kier alpha value is -1.30. The molecule has 2 aromatic rings. The van der Waals surface area contributed by atoms with Crippen LogP contribution in [0.25, 0.3) is 0 Å². The summed E-state index contributed by atoms with van der Waals surface area (Å²) in [5, 5.41) is 1.03. The average Bonchev–Trinajstić information content (AvgIpc) is 2.68. The molecule has 0 radical (unpaired) electrons. The summed E-state index contributed by atoms with van der Waals surface area (Å²) in [5.41, 5.74) is 4.86. The van der Waals surface area contributed by atoms with Gasteiger partial charge in [-0.05, 0) is 38.0 Å². The van der Waals surface area contributed by atoms with E-state index < -0.39 is 0 Å². The predicted molar refractivity (Wildman–Crippen MR) is 71.8 cm³/mol. The number of hydrogen-bond donors (Lipinski definition) is 2. The molecule has 0 saturated carbocycles. The Kier molecular flexibility index (Phi) is 4.06.